The van der Waals surface area contributed by atoms with E-state index in [0.717, 1.165) is 23.1 Å². The van der Waals surface area contributed by atoms with Crippen LogP contribution in [0.4, 0.5) is 8.78 Å². The number of rotatable bonds is 15. The summed E-state index contributed by atoms with van der Waals surface area (Å²) in [5.74, 6) is -1.94. The third-order valence-electron chi connectivity index (χ3n) is 8.39. The van der Waals surface area contributed by atoms with Crippen molar-refractivity contribution in [2.45, 2.75) is 76.9 Å². The fourth-order valence-electron chi connectivity index (χ4n) is 4.60. The van der Waals surface area contributed by atoms with E-state index < -0.39 is 20.8 Å². The molecular weight excluding hydrogens is 585 g/mol. The third kappa shape index (κ3) is 10.2. The summed E-state index contributed by atoms with van der Waals surface area (Å²) in [6.45, 7) is 13.8. The zero-order valence-corrected chi connectivity index (χ0v) is 28.3. The molecular formula is C38H46F2NO3Si. The van der Waals surface area contributed by atoms with Crippen LogP contribution in [-0.2, 0) is 23.4 Å². The first kappa shape index (κ1) is 34.4. The number of alkyl halides is 2. The molecule has 4 aromatic rings. The lowest BCUT2D eigenvalue weighted by molar-refractivity contribution is -0.0467. The van der Waals surface area contributed by atoms with Crippen LogP contribution in [0.25, 0.3) is 0 Å². The van der Waals surface area contributed by atoms with Crippen LogP contribution in [-0.4, -0.2) is 27.5 Å². The topological polar surface area (TPSA) is 39.7 Å². The van der Waals surface area contributed by atoms with Gasteiger partial charge in [0.2, 0.25) is 0 Å². The number of hydrogen-bond acceptors (Lipinski definition) is 4. The number of hydrogen-bond donors (Lipinski definition) is 1. The fourth-order valence-corrected chi connectivity index (χ4v) is 5.89. The highest BCUT2D eigenvalue weighted by Gasteiger charge is 2.39. The summed E-state index contributed by atoms with van der Waals surface area (Å²) >= 11 is 0. The average Bonchev–Trinajstić information content (AvgIpc) is 3.02. The molecule has 0 aliphatic rings. The van der Waals surface area contributed by atoms with Gasteiger partial charge in [0.1, 0.15) is 18.1 Å². The molecule has 0 spiro atoms. The van der Waals surface area contributed by atoms with E-state index in [9.17, 15) is 8.78 Å². The minimum absolute atomic E-state index is 0.0532. The van der Waals surface area contributed by atoms with Gasteiger partial charge in [0.25, 0.3) is 0 Å². The van der Waals surface area contributed by atoms with Crippen molar-refractivity contribution < 1.29 is 22.7 Å². The first-order valence-electron chi connectivity index (χ1n) is 15.6. The van der Waals surface area contributed by atoms with E-state index >= 15 is 0 Å². The van der Waals surface area contributed by atoms with Crippen molar-refractivity contribution in [2.75, 3.05) is 13.2 Å². The van der Waals surface area contributed by atoms with E-state index in [0.29, 0.717) is 24.7 Å². The Bertz CT molecular complexity index is 1440. The Hall–Kier alpha value is -3.52. The normalized spacial score (nSPS) is 13.7. The van der Waals surface area contributed by atoms with Crippen molar-refractivity contribution in [3.05, 3.63) is 131 Å². The molecule has 0 amide bonds. The first-order valence-corrected chi connectivity index (χ1v) is 18.5. The Balaban J connectivity index is 1.34. The molecule has 4 nitrogen and oxygen atoms in total. The summed E-state index contributed by atoms with van der Waals surface area (Å²) < 4.78 is 47.3. The Kier molecular flexibility index (Phi) is 11.6. The van der Waals surface area contributed by atoms with Crippen molar-refractivity contribution in [3.63, 3.8) is 0 Å². The Morgan fingerprint density at radius 3 is 2.04 bits per heavy atom. The first-order chi connectivity index (χ1) is 21.3. The second kappa shape index (κ2) is 15.2. The van der Waals surface area contributed by atoms with Crippen LogP contribution >= 0.6 is 0 Å². The van der Waals surface area contributed by atoms with E-state index in [1.54, 1.807) is 30.3 Å². The lowest BCUT2D eigenvalue weighted by Gasteiger charge is -2.39. The van der Waals surface area contributed by atoms with E-state index in [1.807, 2.05) is 54.6 Å². The second-order valence-electron chi connectivity index (χ2n) is 13.1. The van der Waals surface area contributed by atoms with Gasteiger partial charge in [-0.1, -0.05) is 99.6 Å². The SMILES string of the molecule is C[C@H](Cc1ccc(OCC(F)(F)c2ccccc2)cc1)NC[C@H](O[Si](C)(C)C(C)(C)C)c1c[c]c(OCc2ccccc2)cc1. The van der Waals surface area contributed by atoms with Gasteiger partial charge in [0.05, 0.1) is 6.10 Å². The molecule has 1 N–H and O–H groups in total. The smallest absolute Gasteiger partial charge is 0.306 e. The quantitative estimate of drug-likeness (QED) is 0.133. The Labute approximate surface area is 268 Å². The molecule has 0 heterocycles. The number of halogens is 2. The van der Waals surface area contributed by atoms with Crippen molar-refractivity contribution in [1.82, 2.24) is 5.32 Å². The van der Waals surface area contributed by atoms with Gasteiger partial charge in [-0.2, -0.15) is 8.78 Å². The van der Waals surface area contributed by atoms with E-state index in [-0.39, 0.29) is 22.7 Å². The maximum absolute atomic E-state index is 14.5. The molecule has 0 aliphatic carbocycles. The minimum atomic E-state index is -3.06. The average molecular weight is 631 g/mol. The van der Waals surface area contributed by atoms with Gasteiger partial charge >= 0.3 is 5.92 Å². The molecule has 1 radical (unpaired) electrons. The molecule has 2 atom stereocenters. The van der Waals surface area contributed by atoms with E-state index in [4.69, 9.17) is 13.9 Å². The fraction of sp³-hybridized carbons (Fsp3) is 0.368. The summed E-state index contributed by atoms with van der Waals surface area (Å²) in [6.07, 6.45) is 0.626. The number of ether oxygens (including phenoxy) is 2. The molecule has 0 aliphatic heterocycles. The van der Waals surface area contributed by atoms with Crippen LogP contribution in [0, 0.1) is 6.07 Å². The zero-order chi connectivity index (χ0) is 32.5. The van der Waals surface area contributed by atoms with Crippen LogP contribution in [0.1, 0.15) is 56.1 Å². The van der Waals surface area contributed by atoms with Crippen LogP contribution in [0.5, 0.6) is 11.5 Å². The summed E-state index contributed by atoms with van der Waals surface area (Å²) in [6, 6.07) is 34.7. The van der Waals surface area contributed by atoms with Crippen LogP contribution < -0.4 is 14.8 Å². The minimum Gasteiger partial charge on any atom is -0.488 e. The summed E-state index contributed by atoms with van der Waals surface area (Å²) in [5.41, 5.74) is 3.20. The number of nitrogens with one attached hydrogen (secondary N) is 1. The molecule has 0 aromatic heterocycles. The lowest BCUT2D eigenvalue weighted by Crippen LogP contribution is -2.44. The molecule has 0 unspecified atom stereocenters. The van der Waals surface area contributed by atoms with E-state index in [1.165, 1.54) is 12.1 Å². The van der Waals surface area contributed by atoms with Gasteiger partial charge in [-0.25, -0.2) is 0 Å². The van der Waals surface area contributed by atoms with Crippen LogP contribution in [0.15, 0.2) is 103 Å². The molecule has 4 rings (SSSR count). The van der Waals surface area contributed by atoms with Gasteiger partial charge < -0.3 is 19.2 Å². The largest absolute Gasteiger partial charge is 0.488 e. The summed E-state index contributed by atoms with van der Waals surface area (Å²) in [7, 11) is -2.07. The maximum atomic E-state index is 14.5. The molecule has 0 bridgehead atoms. The standard InChI is InChI=1S/C38H46F2NO3Si/c1-29(25-30-17-21-35(22-18-30)43-28-38(39,40)33-15-11-8-12-16-33)41-26-36(44-45(5,6)37(2,3)4)32-19-23-34(24-20-32)42-27-31-13-9-7-10-14-31/h7-23,29,36,41H,25-28H2,1-6H3/t29-,36+/m1/s1. The Morgan fingerprint density at radius 1 is 0.800 bits per heavy atom. The van der Waals surface area contributed by atoms with Crippen LogP contribution in [0.2, 0.25) is 18.1 Å². The molecule has 0 saturated carbocycles. The molecule has 45 heavy (non-hydrogen) atoms. The van der Waals surface area contributed by atoms with Gasteiger partial charge in [0.15, 0.2) is 14.9 Å². The third-order valence-corrected chi connectivity index (χ3v) is 12.9. The highest BCUT2D eigenvalue weighted by atomic mass is 28.4. The maximum Gasteiger partial charge on any atom is 0.306 e. The predicted octanol–water partition coefficient (Wildman–Crippen LogP) is 9.52. The molecule has 0 saturated heterocycles. The zero-order valence-electron chi connectivity index (χ0n) is 27.3. The molecule has 239 valence electrons. The highest BCUT2D eigenvalue weighted by molar-refractivity contribution is 6.74. The summed E-state index contributed by atoms with van der Waals surface area (Å²) in [5, 5.41) is 3.73. The van der Waals surface area contributed by atoms with Gasteiger partial charge in [-0.15, -0.1) is 0 Å². The van der Waals surface area contributed by atoms with Crippen molar-refractivity contribution in [2.24, 2.45) is 0 Å². The van der Waals surface area contributed by atoms with Gasteiger partial charge in [-0.3, -0.25) is 0 Å². The monoisotopic (exact) mass is 630 g/mol. The van der Waals surface area contributed by atoms with Gasteiger partial charge in [-0.05, 0) is 72.4 Å². The van der Waals surface area contributed by atoms with Gasteiger partial charge in [0, 0.05) is 24.2 Å². The van der Waals surface area contributed by atoms with Crippen molar-refractivity contribution >= 4 is 8.32 Å². The summed E-state index contributed by atoms with van der Waals surface area (Å²) in [4.78, 5) is 0. The number of benzene rings is 4. The van der Waals surface area contributed by atoms with Crippen LogP contribution in [0.3, 0.4) is 0 Å². The molecule has 7 heteroatoms. The van der Waals surface area contributed by atoms with Crippen molar-refractivity contribution in [1.29, 1.82) is 0 Å². The predicted molar refractivity (Wildman–Crippen MR) is 181 cm³/mol. The Morgan fingerprint density at radius 2 is 1.44 bits per heavy atom. The highest BCUT2D eigenvalue weighted by Crippen LogP contribution is 2.40. The van der Waals surface area contributed by atoms with E-state index in [2.05, 4.69) is 58.2 Å². The van der Waals surface area contributed by atoms with Crippen molar-refractivity contribution in [3.8, 4) is 11.5 Å². The lowest BCUT2D eigenvalue weighted by atomic mass is 10.1. The molecule has 0 fully saturated rings. The second-order valence-corrected chi connectivity index (χ2v) is 17.9. The molecule has 4 aromatic carbocycles.